The van der Waals surface area contributed by atoms with Gasteiger partial charge < -0.3 is 4.90 Å². The Morgan fingerprint density at radius 3 is 2.61 bits per heavy atom. The predicted molar refractivity (Wildman–Crippen MR) is 98.2 cm³/mol. The predicted octanol–water partition coefficient (Wildman–Crippen LogP) is 4.45. The topological polar surface area (TPSA) is 6.48 Å². The molecule has 2 atom stereocenters. The molecule has 3 heteroatoms. The summed E-state index contributed by atoms with van der Waals surface area (Å²) >= 11 is 6.12. The van der Waals surface area contributed by atoms with E-state index in [1.807, 2.05) is 12.1 Å². The van der Waals surface area contributed by atoms with Gasteiger partial charge in [0.2, 0.25) is 0 Å². The Labute approximate surface area is 145 Å². The molecule has 1 heterocycles. The maximum atomic E-state index is 6.12. The third-order valence-corrected chi connectivity index (χ3v) is 6.77. The zero-order valence-corrected chi connectivity index (χ0v) is 15.0. The molecule has 5 rings (SSSR count). The number of hydrogen-bond donors (Lipinski definition) is 0. The van der Waals surface area contributed by atoms with E-state index < -0.39 is 0 Å². The fourth-order valence-corrected chi connectivity index (χ4v) is 4.94. The van der Waals surface area contributed by atoms with Gasteiger partial charge in [0.15, 0.2) is 0 Å². The van der Waals surface area contributed by atoms with Gasteiger partial charge in [-0.3, -0.25) is 4.90 Å². The van der Waals surface area contributed by atoms with Gasteiger partial charge in [-0.15, -0.1) is 0 Å². The van der Waals surface area contributed by atoms with Gasteiger partial charge in [0, 0.05) is 43.4 Å². The quantitative estimate of drug-likeness (QED) is 0.755. The summed E-state index contributed by atoms with van der Waals surface area (Å²) in [5.41, 5.74) is 3.53. The third-order valence-electron chi connectivity index (χ3n) is 6.53. The average molecular weight is 331 g/mol. The molecule has 2 nitrogen and oxygen atoms in total. The van der Waals surface area contributed by atoms with Crippen molar-refractivity contribution in [2.75, 3.05) is 37.6 Å². The van der Waals surface area contributed by atoms with Gasteiger partial charge in [-0.1, -0.05) is 43.2 Å². The summed E-state index contributed by atoms with van der Waals surface area (Å²) in [4.78, 5) is 5.10. The highest BCUT2D eigenvalue weighted by Gasteiger charge is 2.51. The highest BCUT2D eigenvalue weighted by molar-refractivity contribution is 6.30. The van der Waals surface area contributed by atoms with Crippen LogP contribution in [0.5, 0.6) is 0 Å². The monoisotopic (exact) mass is 330 g/mol. The fraction of sp³-hybridized carbons (Fsp3) is 0.600. The molecule has 4 aliphatic rings. The fourth-order valence-electron chi connectivity index (χ4n) is 4.75. The largest absolute Gasteiger partial charge is 0.369 e. The molecule has 124 valence electrons. The van der Waals surface area contributed by atoms with Crippen LogP contribution in [-0.4, -0.2) is 37.6 Å². The second-order valence-corrected chi connectivity index (χ2v) is 8.50. The van der Waals surface area contributed by atoms with Crippen molar-refractivity contribution >= 4 is 17.3 Å². The summed E-state index contributed by atoms with van der Waals surface area (Å²) in [5, 5.41) is 0.832. The highest BCUT2D eigenvalue weighted by atomic mass is 35.5. The van der Waals surface area contributed by atoms with Crippen molar-refractivity contribution < 1.29 is 0 Å². The normalized spacial score (nSPS) is 29.9. The molecule has 2 fully saturated rings. The minimum Gasteiger partial charge on any atom is -0.369 e. The second-order valence-electron chi connectivity index (χ2n) is 8.06. The summed E-state index contributed by atoms with van der Waals surface area (Å²) in [6.45, 7) is 10.6. The molecule has 2 bridgehead atoms. The third kappa shape index (κ3) is 2.81. The van der Waals surface area contributed by atoms with Gasteiger partial charge in [-0.05, 0) is 48.3 Å². The molecule has 0 unspecified atom stereocenters. The number of benzene rings is 1. The first-order valence-corrected chi connectivity index (χ1v) is 9.33. The Morgan fingerprint density at radius 1 is 1.17 bits per heavy atom. The molecule has 1 aliphatic heterocycles. The van der Waals surface area contributed by atoms with Crippen LogP contribution in [0.25, 0.3) is 0 Å². The van der Waals surface area contributed by atoms with Gasteiger partial charge in [0.1, 0.15) is 0 Å². The van der Waals surface area contributed by atoms with E-state index in [1.165, 1.54) is 25.1 Å². The van der Waals surface area contributed by atoms with Gasteiger partial charge in [-0.25, -0.2) is 0 Å². The summed E-state index contributed by atoms with van der Waals surface area (Å²) in [6, 6.07) is 8.25. The first-order chi connectivity index (χ1) is 11.0. The van der Waals surface area contributed by atoms with Crippen LogP contribution in [0.3, 0.4) is 0 Å². The molecule has 1 saturated heterocycles. The van der Waals surface area contributed by atoms with Crippen LogP contribution in [0.15, 0.2) is 35.9 Å². The van der Waals surface area contributed by atoms with E-state index in [1.54, 1.807) is 5.57 Å². The molecule has 3 aliphatic carbocycles. The number of anilines is 1. The van der Waals surface area contributed by atoms with Crippen molar-refractivity contribution in [2.45, 2.75) is 26.7 Å². The van der Waals surface area contributed by atoms with E-state index in [9.17, 15) is 0 Å². The molecular weight excluding hydrogens is 304 g/mol. The van der Waals surface area contributed by atoms with Crippen LogP contribution in [0.2, 0.25) is 5.02 Å². The average Bonchev–Trinajstić information content (AvgIpc) is 2.55. The number of hydrogen-bond acceptors (Lipinski definition) is 2. The lowest BCUT2D eigenvalue weighted by atomic mass is 9.49. The van der Waals surface area contributed by atoms with E-state index in [4.69, 9.17) is 11.6 Å². The molecule has 0 aromatic heterocycles. The van der Waals surface area contributed by atoms with Crippen molar-refractivity contribution in [3.8, 4) is 0 Å². The first-order valence-electron chi connectivity index (χ1n) is 8.96. The van der Waals surface area contributed by atoms with E-state index in [-0.39, 0.29) is 0 Å². The lowest BCUT2D eigenvalue weighted by Crippen LogP contribution is -2.52. The SMILES string of the molecule is CC1(C)[C@H]2CC=C(CN3CCN(c4cccc(Cl)c4)CC3)[C@@H]1C2. The lowest BCUT2D eigenvalue weighted by molar-refractivity contribution is -0.0107. The van der Waals surface area contributed by atoms with Crippen LogP contribution in [0, 0.1) is 17.3 Å². The Balaban J connectivity index is 1.35. The van der Waals surface area contributed by atoms with Crippen molar-refractivity contribution in [1.29, 1.82) is 0 Å². The van der Waals surface area contributed by atoms with E-state index in [0.717, 1.165) is 43.0 Å². The zero-order valence-electron chi connectivity index (χ0n) is 14.3. The van der Waals surface area contributed by atoms with E-state index in [0.29, 0.717) is 5.41 Å². The highest BCUT2D eigenvalue weighted by Crippen LogP contribution is 2.59. The van der Waals surface area contributed by atoms with Crippen LogP contribution >= 0.6 is 11.6 Å². The maximum Gasteiger partial charge on any atom is 0.0426 e. The minimum absolute atomic E-state index is 0.548. The Bertz CT molecular complexity index is 614. The molecule has 1 saturated carbocycles. The van der Waals surface area contributed by atoms with E-state index in [2.05, 4.69) is 41.9 Å². The minimum atomic E-state index is 0.548. The molecule has 0 amide bonds. The summed E-state index contributed by atoms with van der Waals surface area (Å²) in [5.74, 6) is 1.78. The van der Waals surface area contributed by atoms with Crippen LogP contribution in [-0.2, 0) is 0 Å². The maximum absolute atomic E-state index is 6.12. The second kappa shape index (κ2) is 5.82. The van der Waals surface area contributed by atoms with Crippen molar-refractivity contribution in [3.05, 3.63) is 40.9 Å². The Hall–Kier alpha value is -0.990. The van der Waals surface area contributed by atoms with Crippen molar-refractivity contribution in [3.63, 3.8) is 0 Å². The summed E-state index contributed by atoms with van der Waals surface area (Å²) < 4.78 is 0. The van der Waals surface area contributed by atoms with Crippen molar-refractivity contribution in [2.24, 2.45) is 17.3 Å². The number of halogens is 1. The number of rotatable bonds is 3. The molecule has 0 spiro atoms. The van der Waals surface area contributed by atoms with Gasteiger partial charge in [-0.2, -0.15) is 0 Å². The summed E-state index contributed by atoms with van der Waals surface area (Å²) in [7, 11) is 0. The number of allylic oxidation sites excluding steroid dienone is 1. The van der Waals surface area contributed by atoms with Gasteiger partial charge in [0.05, 0.1) is 0 Å². The molecule has 23 heavy (non-hydrogen) atoms. The smallest absolute Gasteiger partial charge is 0.0426 e. The van der Waals surface area contributed by atoms with Crippen LogP contribution in [0.4, 0.5) is 5.69 Å². The zero-order chi connectivity index (χ0) is 16.0. The Kier molecular flexibility index (Phi) is 3.93. The van der Waals surface area contributed by atoms with Gasteiger partial charge >= 0.3 is 0 Å². The summed E-state index contributed by atoms with van der Waals surface area (Å²) in [6.07, 6.45) is 5.29. The molecule has 0 N–H and O–H groups in total. The molecule has 1 aromatic carbocycles. The molecular formula is C20H27ClN2. The number of fused-ring (bicyclic) bond motifs is 1. The first kappa shape index (κ1) is 15.5. The van der Waals surface area contributed by atoms with Crippen molar-refractivity contribution in [1.82, 2.24) is 4.90 Å². The van der Waals surface area contributed by atoms with Crippen LogP contribution in [0.1, 0.15) is 26.7 Å². The number of nitrogens with zero attached hydrogens (tertiary/aromatic N) is 2. The molecule has 1 aromatic rings. The van der Waals surface area contributed by atoms with E-state index >= 15 is 0 Å². The lowest BCUT2D eigenvalue weighted by Gasteiger charge is -2.57. The standard InChI is InChI=1S/C20H27ClN2/c1-20(2)16-7-6-15(19(20)12-16)14-22-8-10-23(11-9-22)18-5-3-4-17(21)13-18/h3-6,13,16,19H,7-12,14H2,1-2H3/t16-,19-/m0/s1. The molecule has 0 radical (unpaired) electrons. The van der Waals surface area contributed by atoms with Crippen LogP contribution < -0.4 is 4.90 Å². The Morgan fingerprint density at radius 2 is 1.96 bits per heavy atom. The number of piperazine rings is 1. The van der Waals surface area contributed by atoms with Gasteiger partial charge in [0.25, 0.3) is 0 Å².